The number of halogens is 3. The van der Waals surface area contributed by atoms with E-state index in [1.165, 1.54) is 36.4 Å². The fraction of sp³-hybridized carbons (Fsp3) is 0.118. The van der Waals surface area contributed by atoms with Crippen LogP contribution >= 0.6 is 0 Å². The molecule has 3 aromatic rings. The number of furan rings is 1. The average Bonchev–Trinajstić information content (AvgIpc) is 2.88. The molecule has 0 unspecified atom stereocenters. The molecule has 4 nitrogen and oxygen atoms in total. The molecule has 1 aromatic heterocycles. The Morgan fingerprint density at radius 3 is 2.50 bits per heavy atom. The van der Waals surface area contributed by atoms with E-state index in [1.807, 2.05) is 0 Å². The number of hydrogen-bond donors (Lipinski definition) is 1. The molecule has 0 saturated heterocycles. The molecule has 1 amide bonds. The average molecular weight is 335 g/mol. The van der Waals surface area contributed by atoms with E-state index in [-0.39, 0.29) is 17.1 Å². The number of amides is 1. The molecule has 7 heteroatoms. The Morgan fingerprint density at radius 1 is 1.17 bits per heavy atom. The van der Waals surface area contributed by atoms with Crippen molar-refractivity contribution in [3.8, 4) is 5.75 Å². The number of rotatable bonds is 4. The molecule has 0 bridgehead atoms. The highest BCUT2D eigenvalue weighted by Gasteiger charge is 2.19. The summed E-state index contributed by atoms with van der Waals surface area (Å²) in [5.74, 6) is -1.15. The summed E-state index contributed by atoms with van der Waals surface area (Å²) in [5.41, 5.74) is 0.891. The first-order valence-electron chi connectivity index (χ1n) is 6.99. The lowest BCUT2D eigenvalue weighted by Crippen LogP contribution is -2.12. The third-order valence-corrected chi connectivity index (χ3v) is 3.46. The van der Waals surface area contributed by atoms with Crippen LogP contribution in [0.25, 0.3) is 11.0 Å². The van der Waals surface area contributed by atoms with Crippen molar-refractivity contribution in [2.75, 3.05) is 5.32 Å². The van der Waals surface area contributed by atoms with Gasteiger partial charge in [-0.2, -0.15) is 8.78 Å². The summed E-state index contributed by atoms with van der Waals surface area (Å²) in [7, 11) is 0. The van der Waals surface area contributed by atoms with Crippen LogP contribution in [0.4, 0.5) is 18.9 Å². The minimum absolute atomic E-state index is 0.0111. The zero-order chi connectivity index (χ0) is 17.3. The molecule has 0 aliphatic rings. The van der Waals surface area contributed by atoms with Crippen LogP contribution in [0.2, 0.25) is 0 Å². The van der Waals surface area contributed by atoms with Crippen molar-refractivity contribution >= 4 is 22.6 Å². The molecule has 1 heterocycles. The highest BCUT2D eigenvalue weighted by molar-refractivity contribution is 6.06. The van der Waals surface area contributed by atoms with Crippen LogP contribution in [0.5, 0.6) is 5.75 Å². The maximum Gasteiger partial charge on any atom is 0.387 e. The van der Waals surface area contributed by atoms with Crippen molar-refractivity contribution in [1.82, 2.24) is 0 Å². The van der Waals surface area contributed by atoms with Crippen LogP contribution in [-0.4, -0.2) is 12.5 Å². The van der Waals surface area contributed by atoms with E-state index in [9.17, 15) is 18.0 Å². The molecular formula is C17H12F3NO3. The summed E-state index contributed by atoms with van der Waals surface area (Å²) >= 11 is 0. The van der Waals surface area contributed by atoms with Gasteiger partial charge in [-0.15, -0.1) is 0 Å². The third kappa shape index (κ3) is 3.05. The Bertz CT molecular complexity index is 888. The van der Waals surface area contributed by atoms with Crippen molar-refractivity contribution < 1.29 is 27.1 Å². The predicted octanol–water partition coefficient (Wildman–Crippen LogP) is 4.73. The Labute approximate surface area is 134 Å². The second-order valence-corrected chi connectivity index (χ2v) is 5.03. The minimum atomic E-state index is -2.92. The summed E-state index contributed by atoms with van der Waals surface area (Å²) in [4.78, 5) is 12.3. The number of alkyl halides is 2. The molecule has 0 fully saturated rings. The van der Waals surface area contributed by atoms with Gasteiger partial charge >= 0.3 is 6.61 Å². The largest absolute Gasteiger partial charge is 0.448 e. The maximum atomic E-state index is 13.7. The van der Waals surface area contributed by atoms with Crippen LogP contribution in [0.3, 0.4) is 0 Å². The number of aryl methyl sites for hydroxylation is 1. The van der Waals surface area contributed by atoms with Gasteiger partial charge in [-0.1, -0.05) is 12.1 Å². The Kier molecular flexibility index (Phi) is 4.16. The van der Waals surface area contributed by atoms with Crippen molar-refractivity contribution in [2.45, 2.75) is 13.5 Å². The van der Waals surface area contributed by atoms with E-state index in [0.29, 0.717) is 16.6 Å². The van der Waals surface area contributed by atoms with E-state index < -0.39 is 18.3 Å². The summed E-state index contributed by atoms with van der Waals surface area (Å²) in [5, 5.41) is 3.08. The second kappa shape index (κ2) is 6.27. The number of ether oxygens (including phenoxy) is 1. The van der Waals surface area contributed by atoms with Crippen LogP contribution < -0.4 is 10.1 Å². The van der Waals surface area contributed by atoms with E-state index >= 15 is 0 Å². The van der Waals surface area contributed by atoms with E-state index in [0.717, 1.165) is 0 Å². The smallest absolute Gasteiger partial charge is 0.387 e. The van der Waals surface area contributed by atoms with Crippen molar-refractivity contribution in [2.24, 2.45) is 0 Å². The van der Waals surface area contributed by atoms with Crippen molar-refractivity contribution in [3.05, 3.63) is 59.6 Å². The SMILES string of the molecule is Cc1c(C(=O)Nc2ccc(OC(F)F)cc2)oc2c(F)cccc12. The highest BCUT2D eigenvalue weighted by atomic mass is 19.3. The van der Waals surface area contributed by atoms with Gasteiger partial charge in [0.2, 0.25) is 0 Å². The van der Waals surface area contributed by atoms with Crippen molar-refractivity contribution in [1.29, 1.82) is 0 Å². The van der Waals surface area contributed by atoms with Crippen LogP contribution in [0, 0.1) is 12.7 Å². The lowest BCUT2D eigenvalue weighted by atomic mass is 10.1. The molecule has 0 radical (unpaired) electrons. The predicted molar refractivity (Wildman–Crippen MR) is 81.9 cm³/mol. The van der Waals surface area contributed by atoms with E-state index in [1.54, 1.807) is 13.0 Å². The molecule has 0 aliphatic heterocycles. The summed E-state index contributed by atoms with van der Waals surface area (Å²) < 4.78 is 47.5. The number of para-hydroxylation sites is 1. The second-order valence-electron chi connectivity index (χ2n) is 5.03. The number of benzene rings is 2. The number of carbonyl (C=O) groups excluding carboxylic acids is 1. The number of carbonyl (C=O) groups is 1. The van der Waals surface area contributed by atoms with Gasteiger partial charge in [0.1, 0.15) is 5.75 Å². The van der Waals surface area contributed by atoms with Crippen LogP contribution in [-0.2, 0) is 0 Å². The van der Waals surface area contributed by atoms with Gasteiger partial charge in [-0.05, 0) is 37.3 Å². The summed E-state index contributed by atoms with van der Waals surface area (Å²) in [6.45, 7) is -1.27. The van der Waals surface area contributed by atoms with E-state index in [2.05, 4.69) is 10.1 Å². The molecule has 0 aliphatic carbocycles. The summed E-state index contributed by atoms with van der Waals surface area (Å²) in [6.07, 6.45) is 0. The zero-order valence-electron chi connectivity index (χ0n) is 12.5. The van der Waals surface area contributed by atoms with Crippen LogP contribution in [0.1, 0.15) is 16.1 Å². The molecule has 1 N–H and O–H groups in total. The summed E-state index contributed by atoms with van der Waals surface area (Å²) in [6, 6.07) is 9.85. The normalized spacial score (nSPS) is 11.0. The quantitative estimate of drug-likeness (QED) is 0.749. The Hall–Kier alpha value is -2.96. The number of hydrogen-bond acceptors (Lipinski definition) is 3. The number of anilines is 1. The fourth-order valence-electron chi connectivity index (χ4n) is 2.33. The Balaban J connectivity index is 1.82. The van der Waals surface area contributed by atoms with Gasteiger partial charge in [0.15, 0.2) is 17.2 Å². The van der Waals surface area contributed by atoms with Gasteiger partial charge in [0.25, 0.3) is 5.91 Å². The third-order valence-electron chi connectivity index (χ3n) is 3.46. The maximum absolute atomic E-state index is 13.7. The van der Waals surface area contributed by atoms with Gasteiger partial charge in [-0.3, -0.25) is 4.79 Å². The van der Waals surface area contributed by atoms with Crippen molar-refractivity contribution in [3.63, 3.8) is 0 Å². The standard InChI is InChI=1S/C17H12F3NO3/c1-9-12-3-2-4-13(18)15(12)24-14(9)16(22)21-10-5-7-11(8-6-10)23-17(19)20/h2-8,17H,1H3,(H,21,22). The first kappa shape index (κ1) is 15.9. The molecular weight excluding hydrogens is 323 g/mol. The fourth-order valence-corrected chi connectivity index (χ4v) is 2.33. The van der Waals surface area contributed by atoms with Gasteiger partial charge < -0.3 is 14.5 Å². The molecule has 3 rings (SSSR count). The lowest BCUT2D eigenvalue weighted by Gasteiger charge is -2.06. The van der Waals surface area contributed by atoms with Gasteiger partial charge in [-0.25, -0.2) is 4.39 Å². The topological polar surface area (TPSA) is 51.5 Å². The molecule has 2 aromatic carbocycles. The minimum Gasteiger partial charge on any atom is -0.448 e. The molecule has 0 atom stereocenters. The molecule has 24 heavy (non-hydrogen) atoms. The first-order valence-corrected chi connectivity index (χ1v) is 6.99. The van der Waals surface area contributed by atoms with Crippen LogP contribution in [0.15, 0.2) is 46.9 Å². The molecule has 0 saturated carbocycles. The number of fused-ring (bicyclic) bond motifs is 1. The van der Waals surface area contributed by atoms with E-state index in [4.69, 9.17) is 4.42 Å². The zero-order valence-corrected chi connectivity index (χ0v) is 12.5. The van der Waals surface area contributed by atoms with Gasteiger partial charge in [0.05, 0.1) is 0 Å². The Morgan fingerprint density at radius 2 is 1.88 bits per heavy atom. The molecule has 124 valence electrons. The highest BCUT2D eigenvalue weighted by Crippen LogP contribution is 2.28. The van der Waals surface area contributed by atoms with Gasteiger partial charge in [0, 0.05) is 16.6 Å². The molecule has 0 spiro atoms. The first-order chi connectivity index (χ1) is 11.5. The lowest BCUT2D eigenvalue weighted by molar-refractivity contribution is -0.0498. The number of nitrogens with one attached hydrogen (secondary N) is 1. The monoisotopic (exact) mass is 335 g/mol.